The summed E-state index contributed by atoms with van der Waals surface area (Å²) in [5.74, 6) is 6.54. The average molecular weight is 284 g/mol. The Bertz CT molecular complexity index is 522. The van der Waals surface area contributed by atoms with Gasteiger partial charge in [0.2, 0.25) is 0 Å². The van der Waals surface area contributed by atoms with Crippen molar-refractivity contribution in [3.63, 3.8) is 0 Å². The van der Waals surface area contributed by atoms with Crippen molar-refractivity contribution < 1.29 is 4.79 Å². The van der Waals surface area contributed by atoms with Gasteiger partial charge < -0.3 is 11.1 Å². The van der Waals surface area contributed by atoms with Crippen molar-refractivity contribution in [3.05, 3.63) is 35.4 Å². The first kappa shape index (κ1) is 15.6. The van der Waals surface area contributed by atoms with Crippen LogP contribution in [-0.2, 0) is 0 Å². The number of nitrogens with one attached hydrogen (secondary N) is 1. The summed E-state index contributed by atoms with van der Waals surface area (Å²) in [6.45, 7) is 1.10. The smallest absolute Gasteiger partial charge is 0.251 e. The monoisotopic (exact) mass is 284 g/mol. The van der Waals surface area contributed by atoms with E-state index in [0.717, 1.165) is 24.4 Å². The molecule has 3 nitrogen and oxygen atoms in total. The number of rotatable bonds is 4. The highest BCUT2D eigenvalue weighted by molar-refractivity contribution is 5.94. The molecule has 21 heavy (non-hydrogen) atoms. The summed E-state index contributed by atoms with van der Waals surface area (Å²) >= 11 is 0. The molecule has 3 N–H and O–H groups in total. The molecule has 1 fully saturated rings. The Balaban J connectivity index is 1.82. The zero-order valence-corrected chi connectivity index (χ0v) is 12.5. The molecule has 0 bridgehead atoms. The van der Waals surface area contributed by atoms with Crippen LogP contribution in [0, 0.1) is 17.8 Å². The third-order valence-electron chi connectivity index (χ3n) is 4.02. The normalized spacial score (nSPS) is 15.1. The standard InChI is InChI=1S/C18H24N2O/c19-12-5-9-16-8-4-10-17(14-16)18(21)20-13-11-15-6-2-1-3-7-15/h4,8,10,14-15H,1-3,6-7,11-13,19H2,(H,20,21). The number of nitrogens with two attached hydrogens (primary N) is 1. The minimum absolute atomic E-state index is 0.0118. The van der Waals surface area contributed by atoms with Gasteiger partial charge in [0.1, 0.15) is 0 Å². The highest BCUT2D eigenvalue weighted by atomic mass is 16.1. The number of carbonyl (C=O) groups excluding carboxylic acids is 1. The summed E-state index contributed by atoms with van der Waals surface area (Å²) in [6.07, 6.45) is 7.80. The lowest BCUT2D eigenvalue weighted by molar-refractivity contribution is 0.0950. The van der Waals surface area contributed by atoms with E-state index < -0.39 is 0 Å². The van der Waals surface area contributed by atoms with Crippen molar-refractivity contribution in [3.8, 4) is 11.8 Å². The molecule has 0 atom stereocenters. The van der Waals surface area contributed by atoms with Gasteiger partial charge in [-0.05, 0) is 30.5 Å². The van der Waals surface area contributed by atoms with E-state index in [2.05, 4.69) is 17.2 Å². The minimum atomic E-state index is -0.0118. The van der Waals surface area contributed by atoms with Gasteiger partial charge in [-0.25, -0.2) is 0 Å². The second kappa shape index (κ2) is 8.49. The molecule has 2 rings (SSSR count). The van der Waals surface area contributed by atoms with Crippen LogP contribution in [0.25, 0.3) is 0 Å². The molecule has 0 radical (unpaired) electrons. The fourth-order valence-corrected chi connectivity index (χ4v) is 2.86. The Hall–Kier alpha value is -1.79. The highest BCUT2D eigenvalue weighted by Gasteiger charge is 2.13. The quantitative estimate of drug-likeness (QED) is 0.835. The molecule has 1 aliphatic rings. The maximum Gasteiger partial charge on any atom is 0.251 e. The molecule has 0 unspecified atom stereocenters. The fourth-order valence-electron chi connectivity index (χ4n) is 2.86. The molecule has 1 aromatic rings. The number of hydrogen-bond acceptors (Lipinski definition) is 2. The molecular formula is C18H24N2O. The first-order chi connectivity index (χ1) is 10.3. The van der Waals surface area contributed by atoms with E-state index in [0.29, 0.717) is 12.1 Å². The number of amides is 1. The topological polar surface area (TPSA) is 55.1 Å². The van der Waals surface area contributed by atoms with E-state index in [1.54, 1.807) is 0 Å². The first-order valence-corrected chi connectivity index (χ1v) is 7.87. The fraction of sp³-hybridized carbons (Fsp3) is 0.500. The third-order valence-corrected chi connectivity index (χ3v) is 4.02. The number of hydrogen-bond donors (Lipinski definition) is 2. The van der Waals surface area contributed by atoms with E-state index in [9.17, 15) is 4.79 Å². The SMILES string of the molecule is NCC#Cc1cccc(C(=O)NCCC2CCCCC2)c1. The van der Waals surface area contributed by atoms with Gasteiger partial charge in [-0.15, -0.1) is 0 Å². The molecule has 1 saturated carbocycles. The lowest BCUT2D eigenvalue weighted by Gasteiger charge is -2.21. The number of carbonyl (C=O) groups is 1. The van der Waals surface area contributed by atoms with E-state index in [1.807, 2.05) is 24.3 Å². The van der Waals surface area contributed by atoms with Crippen LogP contribution in [0.2, 0.25) is 0 Å². The van der Waals surface area contributed by atoms with Gasteiger partial charge in [0.25, 0.3) is 5.91 Å². The van der Waals surface area contributed by atoms with Crippen molar-refractivity contribution in [2.24, 2.45) is 11.7 Å². The van der Waals surface area contributed by atoms with Crippen molar-refractivity contribution >= 4 is 5.91 Å². The van der Waals surface area contributed by atoms with Crippen molar-refractivity contribution in [2.75, 3.05) is 13.1 Å². The zero-order chi connectivity index (χ0) is 14.9. The number of benzene rings is 1. The van der Waals surface area contributed by atoms with Gasteiger partial charge >= 0.3 is 0 Å². The largest absolute Gasteiger partial charge is 0.352 e. The predicted molar refractivity (Wildman–Crippen MR) is 85.9 cm³/mol. The van der Waals surface area contributed by atoms with Crippen LogP contribution in [-0.4, -0.2) is 19.0 Å². The molecule has 1 aliphatic carbocycles. The lowest BCUT2D eigenvalue weighted by atomic mass is 9.87. The zero-order valence-electron chi connectivity index (χ0n) is 12.5. The molecule has 0 spiro atoms. The summed E-state index contributed by atoms with van der Waals surface area (Å²) in [5, 5.41) is 3.02. The summed E-state index contributed by atoms with van der Waals surface area (Å²) < 4.78 is 0. The van der Waals surface area contributed by atoms with Crippen LogP contribution in [0.3, 0.4) is 0 Å². The molecule has 0 saturated heterocycles. The second-order valence-corrected chi connectivity index (χ2v) is 5.64. The molecule has 1 amide bonds. The lowest BCUT2D eigenvalue weighted by Crippen LogP contribution is -2.26. The second-order valence-electron chi connectivity index (χ2n) is 5.64. The Kier molecular flexibility index (Phi) is 6.30. The highest BCUT2D eigenvalue weighted by Crippen LogP contribution is 2.25. The van der Waals surface area contributed by atoms with Gasteiger partial charge in [-0.2, -0.15) is 0 Å². The van der Waals surface area contributed by atoms with Gasteiger partial charge in [0, 0.05) is 17.7 Å². The maximum absolute atomic E-state index is 12.1. The summed E-state index contributed by atoms with van der Waals surface area (Å²) in [6, 6.07) is 7.39. The molecule has 112 valence electrons. The average Bonchev–Trinajstić information content (AvgIpc) is 2.54. The molecule has 1 aromatic carbocycles. The maximum atomic E-state index is 12.1. The minimum Gasteiger partial charge on any atom is -0.352 e. The molecule has 3 heteroatoms. The van der Waals surface area contributed by atoms with Crippen LogP contribution in [0.5, 0.6) is 0 Å². The van der Waals surface area contributed by atoms with Crippen molar-refractivity contribution in [1.29, 1.82) is 0 Å². The van der Waals surface area contributed by atoms with E-state index in [4.69, 9.17) is 5.73 Å². The van der Waals surface area contributed by atoms with Crippen molar-refractivity contribution in [1.82, 2.24) is 5.32 Å². The Morgan fingerprint density at radius 3 is 2.86 bits per heavy atom. The van der Waals surface area contributed by atoms with Crippen LogP contribution in [0.15, 0.2) is 24.3 Å². The first-order valence-electron chi connectivity index (χ1n) is 7.87. The summed E-state index contributed by atoms with van der Waals surface area (Å²) in [4.78, 5) is 12.1. The molecule has 0 aromatic heterocycles. The van der Waals surface area contributed by atoms with Gasteiger partial charge in [-0.3, -0.25) is 4.79 Å². The van der Waals surface area contributed by atoms with Gasteiger partial charge in [-0.1, -0.05) is 50.0 Å². The Morgan fingerprint density at radius 1 is 1.29 bits per heavy atom. The Labute approximate surface area is 127 Å². The molecule has 0 aliphatic heterocycles. The molecular weight excluding hydrogens is 260 g/mol. The third kappa shape index (κ3) is 5.24. The summed E-state index contributed by atoms with van der Waals surface area (Å²) in [5.41, 5.74) is 6.86. The van der Waals surface area contributed by atoms with Gasteiger partial charge in [0.05, 0.1) is 6.54 Å². The van der Waals surface area contributed by atoms with E-state index in [1.165, 1.54) is 32.1 Å². The molecule has 0 heterocycles. The van der Waals surface area contributed by atoms with E-state index >= 15 is 0 Å². The van der Waals surface area contributed by atoms with E-state index in [-0.39, 0.29) is 5.91 Å². The summed E-state index contributed by atoms with van der Waals surface area (Å²) in [7, 11) is 0. The van der Waals surface area contributed by atoms with Gasteiger partial charge in [0.15, 0.2) is 0 Å². The van der Waals surface area contributed by atoms with Crippen LogP contribution in [0.1, 0.15) is 54.4 Å². The van der Waals surface area contributed by atoms with Crippen LogP contribution in [0.4, 0.5) is 0 Å². The van der Waals surface area contributed by atoms with Crippen LogP contribution >= 0.6 is 0 Å². The van der Waals surface area contributed by atoms with Crippen molar-refractivity contribution in [2.45, 2.75) is 38.5 Å². The Morgan fingerprint density at radius 2 is 2.10 bits per heavy atom. The van der Waals surface area contributed by atoms with Crippen LogP contribution < -0.4 is 11.1 Å². The predicted octanol–water partition coefficient (Wildman–Crippen LogP) is 2.70.